The van der Waals surface area contributed by atoms with Crippen LogP contribution in [-0.4, -0.2) is 22.2 Å². The van der Waals surface area contributed by atoms with Gasteiger partial charge >= 0.3 is 0 Å². The van der Waals surface area contributed by atoms with Crippen molar-refractivity contribution < 1.29 is 4.79 Å². The average Bonchev–Trinajstić information content (AvgIpc) is 2.75. The summed E-state index contributed by atoms with van der Waals surface area (Å²) in [7, 11) is 1.87. The first-order chi connectivity index (χ1) is 9.65. The lowest BCUT2D eigenvalue weighted by molar-refractivity contribution is 0.102. The van der Waals surface area contributed by atoms with Gasteiger partial charge in [-0.25, -0.2) is 0 Å². The standard InChI is InChI=1S/C15H18N4O/c1-10-4-3-5-11(8-10)15(20)17-14-12-9-16-7-6-13(12)18-19(14)2/h3-5,8,16H,6-7,9H2,1-2H3,(H,17,20). The van der Waals surface area contributed by atoms with Gasteiger partial charge in [-0.2, -0.15) is 5.10 Å². The van der Waals surface area contributed by atoms with E-state index in [0.29, 0.717) is 5.56 Å². The molecule has 0 aliphatic carbocycles. The quantitative estimate of drug-likeness (QED) is 0.872. The number of fused-ring (bicyclic) bond motifs is 1. The maximum atomic E-state index is 12.3. The molecule has 1 amide bonds. The van der Waals surface area contributed by atoms with Gasteiger partial charge in [-0.1, -0.05) is 17.7 Å². The minimum absolute atomic E-state index is 0.0925. The summed E-state index contributed by atoms with van der Waals surface area (Å²) < 4.78 is 1.76. The van der Waals surface area contributed by atoms with Gasteiger partial charge in [0.25, 0.3) is 5.91 Å². The molecule has 2 heterocycles. The topological polar surface area (TPSA) is 59.0 Å². The van der Waals surface area contributed by atoms with Crippen molar-refractivity contribution >= 4 is 11.7 Å². The number of benzene rings is 1. The Hall–Kier alpha value is -2.14. The molecule has 0 bridgehead atoms. The van der Waals surface area contributed by atoms with Crippen LogP contribution in [0, 0.1) is 6.92 Å². The molecular weight excluding hydrogens is 252 g/mol. The predicted octanol–water partition coefficient (Wildman–Crippen LogP) is 1.63. The fourth-order valence-corrected chi connectivity index (χ4v) is 2.55. The first-order valence-corrected chi connectivity index (χ1v) is 6.78. The molecular formula is C15H18N4O. The molecule has 0 radical (unpaired) electrons. The zero-order valence-electron chi connectivity index (χ0n) is 11.7. The molecule has 0 spiro atoms. The maximum absolute atomic E-state index is 12.3. The van der Waals surface area contributed by atoms with Gasteiger partial charge in [-0.3, -0.25) is 9.48 Å². The highest BCUT2D eigenvalue weighted by atomic mass is 16.1. The molecule has 3 rings (SSSR count). The third kappa shape index (κ3) is 2.32. The van der Waals surface area contributed by atoms with Crippen LogP contribution in [0.1, 0.15) is 27.2 Å². The van der Waals surface area contributed by atoms with Gasteiger partial charge in [0.15, 0.2) is 0 Å². The SMILES string of the molecule is Cc1cccc(C(=O)Nc2c3c(nn2C)CCNC3)c1. The number of anilines is 1. The third-order valence-electron chi connectivity index (χ3n) is 3.58. The Morgan fingerprint density at radius 3 is 3.10 bits per heavy atom. The summed E-state index contributed by atoms with van der Waals surface area (Å²) in [4.78, 5) is 12.3. The normalized spacial score (nSPS) is 13.9. The molecule has 20 heavy (non-hydrogen) atoms. The van der Waals surface area contributed by atoms with Crippen LogP contribution in [-0.2, 0) is 20.0 Å². The number of nitrogens with zero attached hydrogens (tertiary/aromatic N) is 2. The Bertz CT molecular complexity index is 660. The summed E-state index contributed by atoms with van der Waals surface area (Å²) in [5.41, 5.74) is 3.92. The van der Waals surface area contributed by atoms with Crippen molar-refractivity contribution in [1.82, 2.24) is 15.1 Å². The number of aryl methyl sites for hydroxylation is 2. The summed E-state index contributed by atoms with van der Waals surface area (Å²) in [6, 6.07) is 7.58. The van der Waals surface area contributed by atoms with Gasteiger partial charge in [0.1, 0.15) is 5.82 Å². The van der Waals surface area contributed by atoms with Gasteiger partial charge in [-0.15, -0.1) is 0 Å². The molecule has 0 atom stereocenters. The minimum atomic E-state index is -0.0925. The van der Waals surface area contributed by atoms with Crippen LogP contribution in [0.2, 0.25) is 0 Å². The number of carbonyl (C=O) groups excluding carboxylic acids is 1. The van der Waals surface area contributed by atoms with Crippen LogP contribution in [0.25, 0.3) is 0 Å². The summed E-state index contributed by atoms with van der Waals surface area (Å²) >= 11 is 0. The van der Waals surface area contributed by atoms with E-state index in [1.807, 2.05) is 38.2 Å². The van der Waals surface area contributed by atoms with Gasteiger partial charge in [0.2, 0.25) is 0 Å². The Balaban J connectivity index is 1.88. The maximum Gasteiger partial charge on any atom is 0.256 e. The zero-order valence-corrected chi connectivity index (χ0v) is 11.7. The number of hydrogen-bond donors (Lipinski definition) is 2. The summed E-state index contributed by atoms with van der Waals surface area (Å²) in [6.07, 6.45) is 0.906. The molecule has 5 nitrogen and oxygen atoms in total. The number of hydrogen-bond acceptors (Lipinski definition) is 3. The fourth-order valence-electron chi connectivity index (χ4n) is 2.55. The molecule has 0 saturated carbocycles. The lowest BCUT2D eigenvalue weighted by atomic mass is 10.1. The minimum Gasteiger partial charge on any atom is -0.312 e. The summed E-state index contributed by atoms with van der Waals surface area (Å²) in [5.74, 6) is 0.698. The van der Waals surface area contributed by atoms with E-state index in [0.717, 1.165) is 42.1 Å². The van der Waals surface area contributed by atoms with Crippen LogP contribution in [0.3, 0.4) is 0 Å². The van der Waals surface area contributed by atoms with Gasteiger partial charge in [0.05, 0.1) is 5.69 Å². The van der Waals surface area contributed by atoms with E-state index >= 15 is 0 Å². The first-order valence-electron chi connectivity index (χ1n) is 6.78. The Morgan fingerprint density at radius 2 is 2.30 bits per heavy atom. The van der Waals surface area contributed by atoms with E-state index in [4.69, 9.17) is 0 Å². The highest BCUT2D eigenvalue weighted by Gasteiger charge is 2.20. The highest BCUT2D eigenvalue weighted by Crippen LogP contribution is 2.22. The first kappa shape index (κ1) is 12.9. The molecule has 1 aliphatic rings. The van der Waals surface area contributed by atoms with E-state index < -0.39 is 0 Å². The monoisotopic (exact) mass is 270 g/mol. The Labute approximate surface area is 118 Å². The lowest BCUT2D eigenvalue weighted by Gasteiger charge is -2.13. The second-order valence-electron chi connectivity index (χ2n) is 5.15. The fraction of sp³-hybridized carbons (Fsp3) is 0.333. The average molecular weight is 270 g/mol. The summed E-state index contributed by atoms with van der Waals surface area (Å²) in [5, 5.41) is 10.8. The van der Waals surface area contributed by atoms with E-state index in [2.05, 4.69) is 15.7 Å². The smallest absolute Gasteiger partial charge is 0.256 e. The second-order valence-corrected chi connectivity index (χ2v) is 5.15. The lowest BCUT2D eigenvalue weighted by Crippen LogP contribution is -2.24. The Morgan fingerprint density at radius 1 is 1.45 bits per heavy atom. The molecule has 1 aromatic heterocycles. The van der Waals surface area contributed by atoms with E-state index in [9.17, 15) is 4.79 Å². The van der Waals surface area contributed by atoms with Crippen LogP contribution in [0.15, 0.2) is 24.3 Å². The van der Waals surface area contributed by atoms with Crippen LogP contribution in [0.5, 0.6) is 0 Å². The van der Waals surface area contributed by atoms with Gasteiger partial charge in [0, 0.05) is 37.7 Å². The molecule has 5 heteroatoms. The van der Waals surface area contributed by atoms with Crippen molar-refractivity contribution in [3.05, 3.63) is 46.6 Å². The molecule has 0 fully saturated rings. The van der Waals surface area contributed by atoms with Crippen LogP contribution < -0.4 is 10.6 Å². The van der Waals surface area contributed by atoms with Crippen molar-refractivity contribution in [3.63, 3.8) is 0 Å². The zero-order chi connectivity index (χ0) is 14.1. The molecule has 0 unspecified atom stereocenters. The number of amides is 1. The number of nitrogens with one attached hydrogen (secondary N) is 2. The molecule has 2 N–H and O–H groups in total. The number of rotatable bonds is 2. The van der Waals surface area contributed by atoms with Crippen LogP contribution >= 0.6 is 0 Å². The molecule has 0 saturated heterocycles. The number of carbonyl (C=O) groups is 1. The van der Waals surface area contributed by atoms with Crippen molar-refractivity contribution in [2.24, 2.45) is 7.05 Å². The molecule has 104 valence electrons. The third-order valence-corrected chi connectivity index (χ3v) is 3.58. The van der Waals surface area contributed by atoms with Crippen molar-refractivity contribution in [2.45, 2.75) is 19.9 Å². The molecule has 2 aromatic rings. The highest BCUT2D eigenvalue weighted by molar-refractivity contribution is 6.04. The predicted molar refractivity (Wildman–Crippen MR) is 77.8 cm³/mol. The van der Waals surface area contributed by atoms with Crippen LogP contribution in [0.4, 0.5) is 5.82 Å². The molecule has 1 aromatic carbocycles. The summed E-state index contributed by atoms with van der Waals surface area (Å²) in [6.45, 7) is 3.68. The molecule has 1 aliphatic heterocycles. The van der Waals surface area contributed by atoms with Gasteiger partial charge in [-0.05, 0) is 19.1 Å². The van der Waals surface area contributed by atoms with Crippen molar-refractivity contribution in [1.29, 1.82) is 0 Å². The van der Waals surface area contributed by atoms with Gasteiger partial charge < -0.3 is 10.6 Å². The Kier molecular flexibility index (Phi) is 3.28. The van der Waals surface area contributed by atoms with Crippen molar-refractivity contribution in [3.8, 4) is 0 Å². The van der Waals surface area contributed by atoms with E-state index in [1.54, 1.807) is 4.68 Å². The van der Waals surface area contributed by atoms with Crippen molar-refractivity contribution in [2.75, 3.05) is 11.9 Å². The van der Waals surface area contributed by atoms with E-state index in [-0.39, 0.29) is 5.91 Å². The largest absolute Gasteiger partial charge is 0.312 e. The number of aromatic nitrogens is 2. The van der Waals surface area contributed by atoms with E-state index in [1.165, 1.54) is 0 Å². The second kappa shape index (κ2) is 5.09.